The van der Waals surface area contributed by atoms with Crippen molar-refractivity contribution in [2.75, 3.05) is 29.6 Å². The molecule has 0 bridgehead atoms. The first-order valence-electron chi connectivity index (χ1n) is 4.20. The van der Waals surface area contributed by atoms with Crippen LogP contribution in [-0.2, 0) is 0 Å². The van der Waals surface area contributed by atoms with E-state index in [-0.39, 0.29) is 0 Å². The van der Waals surface area contributed by atoms with Crippen LogP contribution in [0.3, 0.4) is 0 Å². The second-order valence-electron chi connectivity index (χ2n) is 2.80. The van der Waals surface area contributed by atoms with Gasteiger partial charge in [-0.25, -0.2) is 0 Å². The molecule has 0 atom stereocenters. The van der Waals surface area contributed by atoms with Gasteiger partial charge in [0.15, 0.2) is 0 Å². The Morgan fingerprint density at radius 3 is 2.92 bits per heavy atom. The molecule has 0 aliphatic carbocycles. The average molecular weight is 217 g/mol. The van der Waals surface area contributed by atoms with Crippen molar-refractivity contribution in [3.8, 4) is 0 Å². The lowest BCUT2D eigenvalue weighted by molar-refractivity contribution is 0.996. The Kier molecular flexibility index (Phi) is 4.38. The summed E-state index contributed by atoms with van der Waals surface area (Å²) in [5.74, 6) is 1.85. The van der Waals surface area contributed by atoms with Gasteiger partial charge in [-0.2, -0.15) is 16.1 Å². The minimum absolute atomic E-state index is 0.650. The van der Waals surface area contributed by atoms with E-state index in [1.165, 1.54) is 23.7 Å². The molecule has 0 amide bonds. The molecule has 0 aromatic carbocycles. The minimum atomic E-state index is 0.650. The third kappa shape index (κ3) is 3.08. The number of nitrogens with two attached hydrogens (primary N) is 1. The molecule has 74 valence electrons. The molecule has 0 spiro atoms. The second kappa shape index (κ2) is 5.34. The van der Waals surface area contributed by atoms with Crippen LogP contribution in [0.15, 0.2) is 0 Å². The van der Waals surface area contributed by atoms with Crippen LogP contribution in [-0.4, -0.2) is 22.9 Å². The fraction of sp³-hybridized carbons (Fsp3) is 0.625. The Morgan fingerprint density at radius 1 is 1.62 bits per heavy atom. The van der Waals surface area contributed by atoms with E-state index in [4.69, 9.17) is 5.73 Å². The van der Waals surface area contributed by atoms with Gasteiger partial charge in [0.25, 0.3) is 0 Å². The summed E-state index contributed by atoms with van der Waals surface area (Å²) in [6, 6.07) is 0. The molecule has 1 aromatic heterocycles. The van der Waals surface area contributed by atoms with Crippen LogP contribution in [0.2, 0.25) is 0 Å². The highest BCUT2D eigenvalue weighted by molar-refractivity contribution is 7.98. The SMILES string of the molecule is CSCCCNc1snc(N)c1C. The number of nitrogens with one attached hydrogen (secondary N) is 1. The average Bonchev–Trinajstić information content (AvgIpc) is 2.43. The topological polar surface area (TPSA) is 50.9 Å². The summed E-state index contributed by atoms with van der Waals surface area (Å²) >= 11 is 3.31. The summed E-state index contributed by atoms with van der Waals surface area (Å²) in [5, 5.41) is 4.44. The molecule has 0 aliphatic rings. The highest BCUT2D eigenvalue weighted by Crippen LogP contribution is 2.24. The van der Waals surface area contributed by atoms with Crippen LogP contribution < -0.4 is 11.1 Å². The Labute approximate surface area is 87.3 Å². The Morgan fingerprint density at radius 2 is 2.38 bits per heavy atom. The molecule has 13 heavy (non-hydrogen) atoms. The molecule has 0 saturated carbocycles. The molecule has 1 aromatic rings. The summed E-state index contributed by atoms with van der Waals surface area (Å²) in [6.07, 6.45) is 3.30. The lowest BCUT2D eigenvalue weighted by Crippen LogP contribution is -2.02. The van der Waals surface area contributed by atoms with Crippen molar-refractivity contribution >= 4 is 34.1 Å². The number of hydrogen-bond donors (Lipinski definition) is 2. The van der Waals surface area contributed by atoms with Gasteiger partial charge in [0.2, 0.25) is 0 Å². The summed E-state index contributed by atoms with van der Waals surface area (Å²) in [4.78, 5) is 0. The number of hydrogen-bond acceptors (Lipinski definition) is 5. The van der Waals surface area contributed by atoms with E-state index in [0.29, 0.717) is 5.82 Å². The van der Waals surface area contributed by atoms with Gasteiger partial charge in [-0.15, -0.1) is 0 Å². The van der Waals surface area contributed by atoms with Crippen molar-refractivity contribution in [3.05, 3.63) is 5.56 Å². The third-order valence-corrected chi connectivity index (χ3v) is 3.39. The Balaban J connectivity index is 2.32. The maximum Gasteiger partial charge on any atom is 0.142 e. The largest absolute Gasteiger partial charge is 0.383 e. The van der Waals surface area contributed by atoms with E-state index in [9.17, 15) is 0 Å². The number of anilines is 2. The highest BCUT2D eigenvalue weighted by atomic mass is 32.2. The second-order valence-corrected chi connectivity index (χ2v) is 4.55. The predicted octanol–water partition coefficient (Wildman–Crippen LogP) is 2.20. The molecule has 3 N–H and O–H groups in total. The first-order valence-corrected chi connectivity index (χ1v) is 6.37. The van der Waals surface area contributed by atoms with E-state index in [2.05, 4.69) is 15.9 Å². The molecule has 0 saturated heterocycles. The molecule has 0 aliphatic heterocycles. The van der Waals surface area contributed by atoms with Gasteiger partial charge < -0.3 is 11.1 Å². The molecule has 5 heteroatoms. The van der Waals surface area contributed by atoms with Crippen LogP contribution in [0.25, 0.3) is 0 Å². The molecule has 1 heterocycles. The van der Waals surface area contributed by atoms with E-state index in [1.54, 1.807) is 0 Å². The maximum atomic E-state index is 5.63. The normalized spacial score (nSPS) is 10.3. The quantitative estimate of drug-likeness (QED) is 0.742. The first-order chi connectivity index (χ1) is 6.25. The lowest BCUT2D eigenvalue weighted by atomic mass is 10.3. The molecular formula is C8H15N3S2. The number of rotatable bonds is 5. The minimum Gasteiger partial charge on any atom is -0.383 e. The fourth-order valence-electron chi connectivity index (χ4n) is 0.931. The van der Waals surface area contributed by atoms with Crippen LogP contribution in [0.1, 0.15) is 12.0 Å². The van der Waals surface area contributed by atoms with Crippen molar-refractivity contribution < 1.29 is 0 Å². The van der Waals surface area contributed by atoms with Crippen LogP contribution in [0, 0.1) is 6.92 Å². The van der Waals surface area contributed by atoms with E-state index in [1.807, 2.05) is 18.7 Å². The molecule has 0 unspecified atom stereocenters. The van der Waals surface area contributed by atoms with Gasteiger partial charge in [-0.3, -0.25) is 0 Å². The lowest BCUT2D eigenvalue weighted by Gasteiger charge is -2.02. The van der Waals surface area contributed by atoms with Crippen molar-refractivity contribution in [3.63, 3.8) is 0 Å². The number of nitrogens with zero attached hydrogens (tertiary/aromatic N) is 1. The number of nitrogen functional groups attached to an aromatic ring is 1. The maximum absolute atomic E-state index is 5.63. The van der Waals surface area contributed by atoms with Gasteiger partial charge in [0, 0.05) is 12.1 Å². The van der Waals surface area contributed by atoms with Gasteiger partial charge >= 0.3 is 0 Å². The Bertz CT molecular complexity index is 260. The third-order valence-electron chi connectivity index (χ3n) is 1.77. The van der Waals surface area contributed by atoms with Crippen LogP contribution >= 0.6 is 23.3 Å². The standard InChI is InChI=1S/C8H15N3S2/c1-6-7(9)11-13-8(6)10-4-3-5-12-2/h10H,3-5H2,1-2H3,(H2,9,11). The van der Waals surface area contributed by atoms with Crippen molar-refractivity contribution in [2.45, 2.75) is 13.3 Å². The first kappa shape index (κ1) is 10.7. The van der Waals surface area contributed by atoms with Crippen molar-refractivity contribution in [2.24, 2.45) is 0 Å². The summed E-state index contributed by atoms with van der Waals surface area (Å²) in [6.45, 7) is 3.00. The van der Waals surface area contributed by atoms with Gasteiger partial charge in [-0.1, -0.05) is 0 Å². The Hall–Kier alpha value is -0.420. The number of aromatic nitrogens is 1. The molecule has 3 nitrogen and oxygen atoms in total. The van der Waals surface area contributed by atoms with Gasteiger partial charge in [-0.05, 0) is 36.9 Å². The monoisotopic (exact) mass is 217 g/mol. The van der Waals surface area contributed by atoms with Gasteiger partial charge in [0.05, 0.1) is 0 Å². The summed E-state index contributed by atoms with van der Waals surface area (Å²) < 4.78 is 4.07. The number of thioether (sulfide) groups is 1. The summed E-state index contributed by atoms with van der Waals surface area (Å²) in [7, 11) is 0. The highest BCUT2D eigenvalue weighted by Gasteiger charge is 2.04. The summed E-state index contributed by atoms with van der Waals surface area (Å²) in [5.41, 5.74) is 6.70. The van der Waals surface area contributed by atoms with Crippen LogP contribution in [0.5, 0.6) is 0 Å². The van der Waals surface area contributed by atoms with E-state index >= 15 is 0 Å². The molecule has 0 fully saturated rings. The zero-order chi connectivity index (χ0) is 9.68. The zero-order valence-corrected chi connectivity index (χ0v) is 9.60. The smallest absolute Gasteiger partial charge is 0.142 e. The van der Waals surface area contributed by atoms with Crippen LogP contribution in [0.4, 0.5) is 10.8 Å². The van der Waals surface area contributed by atoms with Crippen molar-refractivity contribution in [1.82, 2.24) is 4.37 Å². The zero-order valence-electron chi connectivity index (χ0n) is 7.96. The fourth-order valence-corrected chi connectivity index (χ4v) is 2.10. The molecule has 1 rings (SSSR count). The van der Waals surface area contributed by atoms with Gasteiger partial charge in [0.1, 0.15) is 10.8 Å². The predicted molar refractivity (Wildman–Crippen MR) is 62.8 cm³/mol. The molecule has 0 radical (unpaired) electrons. The molecular weight excluding hydrogens is 202 g/mol. The van der Waals surface area contributed by atoms with Crippen molar-refractivity contribution in [1.29, 1.82) is 0 Å². The van der Waals surface area contributed by atoms with E-state index < -0.39 is 0 Å². The van der Waals surface area contributed by atoms with E-state index in [0.717, 1.165) is 17.1 Å².